The van der Waals surface area contributed by atoms with Gasteiger partial charge in [0.05, 0.1) is 16.6 Å². The van der Waals surface area contributed by atoms with E-state index in [4.69, 9.17) is 0 Å². The molecule has 0 unspecified atom stereocenters. The fraction of sp³-hybridized carbons (Fsp3) is 0.0625. The highest BCUT2D eigenvalue weighted by Gasteiger charge is 2.22. The summed E-state index contributed by atoms with van der Waals surface area (Å²) in [5.74, 6) is 0. The van der Waals surface area contributed by atoms with Crippen molar-refractivity contribution in [1.82, 2.24) is 4.40 Å². The summed E-state index contributed by atoms with van der Waals surface area (Å²) < 4.78 is 2.46. The average molecular weight is 420 g/mol. The molecule has 2 heterocycles. The van der Waals surface area contributed by atoms with Crippen LogP contribution in [-0.4, -0.2) is 4.40 Å². The summed E-state index contributed by atoms with van der Waals surface area (Å²) in [6.45, 7) is 2.18. The van der Waals surface area contributed by atoms with Gasteiger partial charge >= 0.3 is 0 Å². The van der Waals surface area contributed by atoms with Gasteiger partial charge in [0, 0.05) is 21.5 Å². The summed E-state index contributed by atoms with van der Waals surface area (Å²) in [6, 6.07) is 36.2. The summed E-state index contributed by atoms with van der Waals surface area (Å²) in [6.07, 6.45) is 1.02. The molecule has 0 amide bonds. The normalized spacial score (nSPS) is 12.9. The molecule has 8 rings (SSSR count). The van der Waals surface area contributed by atoms with Gasteiger partial charge in [-0.1, -0.05) is 90.5 Å². The maximum absolute atomic E-state index is 2.46. The third-order valence-electron chi connectivity index (χ3n) is 7.60. The number of hydrogen-bond acceptors (Lipinski definition) is 0. The van der Waals surface area contributed by atoms with Crippen molar-refractivity contribution in [3.05, 3.63) is 114 Å². The van der Waals surface area contributed by atoms with E-state index in [-0.39, 0.29) is 0 Å². The number of hydrogen-bond donors (Lipinski definition) is 0. The summed E-state index contributed by atoms with van der Waals surface area (Å²) >= 11 is 0. The Labute approximate surface area is 191 Å². The maximum atomic E-state index is 2.46. The number of nitrogens with zero attached hydrogens (tertiary/aromatic N) is 1. The van der Waals surface area contributed by atoms with E-state index in [1.54, 1.807) is 0 Å². The highest BCUT2D eigenvalue weighted by molar-refractivity contribution is 6.25. The molecule has 33 heavy (non-hydrogen) atoms. The number of para-hydroxylation sites is 2. The Hall–Kier alpha value is -4.10. The third kappa shape index (κ3) is 2.17. The van der Waals surface area contributed by atoms with Crippen LogP contribution in [0.1, 0.15) is 16.7 Å². The minimum atomic E-state index is 1.02. The number of aromatic nitrogens is 1. The number of benzene rings is 5. The summed E-state index contributed by atoms with van der Waals surface area (Å²) in [7, 11) is 0. The molecular formula is C32H21N. The molecule has 0 aliphatic heterocycles. The summed E-state index contributed by atoms with van der Waals surface area (Å²) in [5.41, 5.74) is 13.6. The van der Waals surface area contributed by atoms with Crippen LogP contribution in [0.2, 0.25) is 0 Å². The number of fused-ring (bicyclic) bond motifs is 9. The van der Waals surface area contributed by atoms with Gasteiger partial charge < -0.3 is 4.40 Å². The molecule has 1 heteroatoms. The fourth-order valence-electron chi connectivity index (χ4n) is 6.23. The maximum Gasteiger partial charge on any atom is 0.0620 e. The van der Waals surface area contributed by atoms with Crippen LogP contribution in [0.3, 0.4) is 0 Å². The van der Waals surface area contributed by atoms with Crippen LogP contribution >= 0.6 is 0 Å². The van der Waals surface area contributed by atoms with Gasteiger partial charge in [0.1, 0.15) is 0 Å². The molecule has 0 bridgehead atoms. The van der Waals surface area contributed by atoms with Gasteiger partial charge in [-0.15, -0.1) is 0 Å². The quantitative estimate of drug-likeness (QED) is 0.252. The van der Waals surface area contributed by atoms with Gasteiger partial charge in [-0.2, -0.15) is 0 Å². The van der Waals surface area contributed by atoms with Crippen molar-refractivity contribution in [3.63, 3.8) is 0 Å². The topological polar surface area (TPSA) is 4.41 Å². The Morgan fingerprint density at radius 3 is 2.24 bits per heavy atom. The fourth-order valence-corrected chi connectivity index (χ4v) is 6.23. The van der Waals surface area contributed by atoms with Gasteiger partial charge in [0.2, 0.25) is 0 Å². The first-order valence-corrected chi connectivity index (χ1v) is 11.7. The lowest BCUT2D eigenvalue weighted by molar-refractivity contribution is 1.25. The van der Waals surface area contributed by atoms with Crippen LogP contribution in [0, 0.1) is 6.92 Å². The van der Waals surface area contributed by atoms with Crippen molar-refractivity contribution >= 4 is 38.1 Å². The Kier molecular flexibility index (Phi) is 3.19. The first-order chi connectivity index (χ1) is 16.3. The minimum Gasteiger partial charge on any atom is -0.308 e. The third-order valence-corrected chi connectivity index (χ3v) is 7.60. The van der Waals surface area contributed by atoms with Crippen molar-refractivity contribution in [2.75, 3.05) is 0 Å². The molecule has 1 nitrogen and oxygen atoms in total. The first-order valence-electron chi connectivity index (χ1n) is 11.7. The Morgan fingerprint density at radius 2 is 1.30 bits per heavy atom. The van der Waals surface area contributed by atoms with E-state index in [1.165, 1.54) is 77.0 Å². The van der Waals surface area contributed by atoms with E-state index in [0.29, 0.717) is 0 Å². The van der Waals surface area contributed by atoms with E-state index < -0.39 is 0 Å². The number of aryl methyl sites for hydroxylation is 1. The van der Waals surface area contributed by atoms with E-state index >= 15 is 0 Å². The largest absolute Gasteiger partial charge is 0.308 e. The molecule has 0 fully saturated rings. The molecule has 2 aromatic heterocycles. The smallest absolute Gasteiger partial charge is 0.0620 e. The van der Waals surface area contributed by atoms with Crippen LogP contribution in [0.25, 0.3) is 60.3 Å². The van der Waals surface area contributed by atoms with Crippen LogP contribution in [0.5, 0.6) is 0 Å². The second-order valence-electron chi connectivity index (χ2n) is 9.46. The van der Waals surface area contributed by atoms with Crippen molar-refractivity contribution in [2.24, 2.45) is 0 Å². The Balaban J connectivity index is 1.43. The van der Waals surface area contributed by atoms with Crippen LogP contribution in [-0.2, 0) is 6.42 Å². The van der Waals surface area contributed by atoms with Crippen molar-refractivity contribution in [1.29, 1.82) is 0 Å². The minimum absolute atomic E-state index is 1.02. The highest BCUT2D eigenvalue weighted by atomic mass is 14.9. The molecular weight excluding hydrogens is 398 g/mol. The Morgan fingerprint density at radius 1 is 0.576 bits per heavy atom. The second kappa shape index (κ2) is 6.02. The summed E-state index contributed by atoms with van der Waals surface area (Å²) in [4.78, 5) is 0. The standard InChI is InChI=1S/C32H21N/c1-19-12-14-23-21(16-19)18-22-17-20(13-15-24(22)23)25-7-5-11-30-31(25)28-9-4-8-27-26-6-2-3-10-29(26)33(30)32(27)28/h2-17H,18H2,1H3. The van der Waals surface area contributed by atoms with Crippen molar-refractivity contribution in [3.8, 4) is 22.3 Å². The molecule has 0 spiro atoms. The van der Waals surface area contributed by atoms with E-state index in [9.17, 15) is 0 Å². The molecule has 0 radical (unpaired) electrons. The molecule has 154 valence electrons. The lowest BCUT2D eigenvalue weighted by Gasteiger charge is -2.09. The van der Waals surface area contributed by atoms with Crippen molar-refractivity contribution in [2.45, 2.75) is 13.3 Å². The number of rotatable bonds is 1. The van der Waals surface area contributed by atoms with E-state index in [0.717, 1.165) is 6.42 Å². The molecule has 1 aliphatic carbocycles. The molecule has 0 saturated carbocycles. The lowest BCUT2D eigenvalue weighted by Crippen LogP contribution is -1.86. The van der Waals surface area contributed by atoms with Crippen LogP contribution in [0.4, 0.5) is 0 Å². The van der Waals surface area contributed by atoms with Gasteiger partial charge in [-0.25, -0.2) is 0 Å². The first kappa shape index (κ1) is 17.5. The van der Waals surface area contributed by atoms with E-state index in [1.807, 2.05) is 0 Å². The van der Waals surface area contributed by atoms with Crippen LogP contribution in [0.15, 0.2) is 97.1 Å². The molecule has 0 atom stereocenters. The predicted molar refractivity (Wildman–Crippen MR) is 140 cm³/mol. The van der Waals surface area contributed by atoms with Crippen molar-refractivity contribution < 1.29 is 0 Å². The van der Waals surface area contributed by atoms with Crippen LogP contribution < -0.4 is 0 Å². The molecule has 7 aromatic rings. The van der Waals surface area contributed by atoms with Gasteiger partial charge in [-0.3, -0.25) is 0 Å². The second-order valence-corrected chi connectivity index (χ2v) is 9.46. The summed E-state index contributed by atoms with van der Waals surface area (Å²) in [5, 5.41) is 5.37. The van der Waals surface area contributed by atoms with Gasteiger partial charge in [0.15, 0.2) is 0 Å². The highest BCUT2D eigenvalue weighted by Crippen LogP contribution is 2.44. The Bertz CT molecular complexity index is 1900. The van der Waals surface area contributed by atoms with E-state index in [2.05, 4.69) is 108 Å². The molecule has 1 aliphatic rings. The lowest BCUT2D eigenvalue weighted by atomic mass is 9.95. The zero-order valence-electron chi connectivity index (χ0n) is 18.4. The molecule has 0 saturated heterocycles. The predicted octanol–water partition coefficient (Wildman–Crippen LogP) is 8.38. The SMILES string of the molecule is Cc1ccc2c(c1)Cc1cc(-c3cccc4c3c3cccc5c6ccccc6n4c53)ccc1-2. The van der Waals surface area contributed by atoms with Gasteiger partial charge in [-0.05, 0) is 58.9 Å². The van der Waals surface area contributed by atoms with Gasteiger partial charge in [0.25, 0.3) is 0 Å². The molecule has 5 aromatic carbocycles. The monoisotopic (exact) mass is 419 g/mol. The zero-order chi connectivity index (χ0) is 21.7. The average Bonchev–Trinajstić information content (AvgIpc) is 3.49. The molecule has 0 N–H and O–H groups in total. The zero-order valence-corrected chi connectivity index (χ0v) is 18.4.